The molecule has 1 aromatic heterocycles. The summed E-state index contributed by atoms with van der Waals surface area (Å²) in [7, 11) is 2.02. The van der Waals surface area contributed by atoms with E-state index in [0.29, 0.717) is 6.04 Å². The molecule has 0 aliphatic carbocycles. The summed E-state index contributed by atoms with van der Waals surface area (Å²) in [5.74, 6) is 0. The van der Waals surface area contributed by atoms with Crippen LogP contribution in [0.4, 0.5) is 0 Å². The Bertz CT molecular complexity index is 702. The predicted octanol–water partition coefficient (Wildman–Crippen LogP) is 5.06. The van der Waals surface area contributed by atoms with Crippen LogP contribution >= 0.6 is 22.9 Å². The zero-order valence-electron chi connectivity index (χ0n) is 11.3. The van der Waals surface area contributed by atoms with Crippen molar-refractivity contribution in [3.8, 4) is 0 Å². The standard InChI is InChI=1S/C17H16ClNS/c1-19-16(10-12-6-8-13(18)9-7-12)15-11-20-17-5-3-2-4-14(15)17/h2-9,11,16,19H,10H2,1H3. The van der Waals surface area contributed by atoms with Gasteiger partial charge in [-0.1, -0.05) is 41.9 Å². The van der Waals surface area contributed by atoms with Crippen LogP contribution in [0, 0.1) is 0 Å². The van der Waals surface area contributed by atoms with Gasteiger partial charge >= 0.3 is 0 Å². The number of hydrogen-bond acceptors (Lipinski definition) is 2. The van der Waals surface area contributed by atoms with Gasteiger partial charge < -0.3 is 5.32 Å². The summed E-state index contributed by atoms with van der Waals surface area (Å²) in [6, 6.07) is 17.0. The highest BCUT2D eigenvalue weighted by Crippen LogP contribution is 2.31. The summed E-state index contributed by atoms with van der Waals surface area (Å²) in [5, 5.41) is 7.84. The number of benzene rings is 2. The fourth-order valence-corrected chi connectivity index (χ4v) is 3.63. The Labute approximate surface area is 128 Å². The van der Waals surface area contributed by atoms with Crippen molar-refractivity contribution in [2.45, 2.75) is 12.5 Å². The number of hydrogen-bond donors (Lipinski definition) is 1. The van der Waals surface area contributed by atoms with Crippen molar-refractivity contribution in [1.82, 2.24) is 5.32 Å². The van der Waals surface area contributed by atoms with Gasteiger partial charge in [-0.05, 0) is 53.6 Å². The topological polar surface area (TPSA) is 12.0 Å². The molecule has 3 aromatic rings. The van der Waals surface area contributed by atoms with E-state index in [1.165, 1.54) is 21.2 Å². The lowest BCUT2D eigenvalue weighted by atomic mass is 9.98. The van der Waals surface area contributed by atoms with Crippen molar-refractivity contribution in [3.05, 3.63) is 70.1 Å². The SMILES string of the molecule is CNC(Cc1ccc(Cl)cc1)c1csc2ccccc12. The molecule has 3 rings (SSSR count). The second-order valence-corrected chi connectivity index (χ2v) is 6.21. The van der Waals surface area contributed by atoms with E-state index in [0.717, 1.165) is 11.4 Å². The van der Waals surface area contributed by atoms with Gasteiger partial charge in [-0.25, -0.2) is 0 Å². The van der Waals surface area contributed by atoms with Crippen LogP contribution in [0.25, 0.3) is 10.1 Å². The maximum absolute atomic E-state index is 5.95. The van der Waals surface area contributed by atoms with Gasteiger partial charge in [0.25, 0.3) is 0 Å². The highest BCUT2D eigenvalue weighted by Gasteiger charge is 2.14. The van der Waals surface area contributed by atoms with Crippen molar-refractivity contribution in [3.63, 3.8) is 0 Å². The fraction of sp³-hybridized carbons (Fsp3) is 0.176. The third-order valence-corrected chi connectivity index (χ3v) is 4.82. The lowest BCUT2D eigenvalue weighted by Crippen LogP contribution is -2.18. The van der Waals surface area contributed by atoms with E-state index in [2.05, 4.69) is 47.1 Å². The lowest BCUT2D eigenvalue weighted by Gasteiger charge is -2.16. The molecule has 102 valence electrons. The van der Waals surface area contributed by atoms with Crippen molar-refractivity contribution in [2.75, 3.05) is 7.05 Å². The van der Waals surface area contributed by atoms with Crippen molar-refractivity contribution < 1.29 is 0 Å². The van der Waals surface area contributed by atoms with E-state index >= 15 is 0 Å². The molecule has 3 heteroatoms. The van der Waals surface area contributed by atoms with E-state index in [4.69, 9.17) is 11.6 Å². The first-order chi connectivity index (χ1) is 9.78. The first-order valence-electron chi connectivity index (χ1n) is 6.66. The van der Waals surface area contributed by atoms with Crippen LogP contribution in [0.3, 0.4) is 0 Å². The van der Waals surface area contributed by atoms with Gasteiger partial charge in [0.1, 0.15) is 0 Å². The Morgan fingerprint density at radius 3 is 2.60 bits per heavy atom. The van der Waals surface area contributed by atoms with Crippen LogP contribution in [-0.2, 0) is 6.42 Å². The summed E-state index contributed by atoms with van der Waals surface area (Å²) < 4.78 is 1.35. The van der Waals surface area contributed by atoms with Crippen LogP contribution < -0.4 is 5.32 Å². The van der Waals surface area contributed by atoms with Crippen molar-refractivity contribution >= 4 is 33.0 Å². The summed E-state index contributed by atoms with van der Waals surface area (Å²) in [5.41, 5.74) is 2.67. The molecule has 2 aromatic carbocycles. The molecule has 0 fully saturated rings. The second kappa shape index (κ2) is 5.96. The zero-order chi connectivity index (χ0) is 13.9. The van der Waals surface area contributed by atoms with Gasteiger partial charge in [0.05, 0.1) is 0 Å². The third kappa shape index (κ3) is 2.73. The molecule has 1 N–H and O–H groups in total. The minimum atomic E-state index is 0.326. The maximum Gasteiger partial charge on any atom is 0.0406 e. The molecule has 1 heterocycles. The van der Waals surface area contributed by atoms with Crippen LogP contribution in [-0.4, -0.2) is 7.05 Å². The Morgan fingerprint density at radius 1 is 1.10 bits per heavy atom. The first kappa shape index (κ1) is 13.6. The fourth-order valence-electron chi connectivity index (χ4n) is 2.49. The van der Waals surface area contributed by atoms with E-state index in [1.807, 2.05) is 30.5 Å². The molecular weight excluding hydrogens is 286 g/mol. The minimum Gasteiger partial charge on any atom is -0.313 e. The molecule has 0 aliphatic heterocycles. The highest BCUT2D eigenvalue weighted by atomic mass is 35.5. The van der Waals surface area contributed by atoms with Gasteiger partial charge in [0.15, 0.2) is 0 Å². The molecule has 0 amide bonds. The molecular formula is C17H16ClNS. The van der Waals surface area contributed by atoms with Gasteiger partial charge in [0.2, 0.25) is 0 Å². The number of likely N-dealkylation sites (N-methyl/N-ethyl adjacent to an activating group) is 1. The molecule has 0 spiro atoms. The van der Waals surface area contributed by atoms with Gasteiger partial charge in [-0.2, -0.15) is 0 Å². The van der Waals surface area contributed by atoms with Crippen LogP contribution in [0.5, 0.6) is 0 Å². The molecule has 0 bridgehead atoms. The molecule has 0 aliphatic rings. The normalized spacial score (nSPS) is 12.7. The zero-order valence-corrected chi connectivity index (χ0v) is 12.8. The molecule has 1 nitrogen and oxygen atoms in total. The molecule has 1 unspecified atom stereocenters. The maximum atomic E-state index is 5.95. The number of halogens is 1. The molecule has 0 radical (unpaired) electrons. The van der Waals surface area contributed by atoms with Gasteiger partial charge in [-0.3, -0.25) is 0 Å². The number of fused-ring (bicyclic) bond motifs is 1. The minimum absolute atomic E-state index is 0.326. The molecule has 0 saturated heterocycles. The van der Waals surface area contributed by atoms with Gasteiger partial charge in [0, 0.05) is 15.8 Å². The van der Waals surface area contributed by atoms with E-state index in [9.17, 15) is 0 Å². The quantitative estimate of drug-likeness (QED) is 0.710. The number of nitrogens with one attached hydrogen (secondary N) is 1. The monoisotopic (exact) mass is 301 g/mol. The Hall–Kier alpha value is -1.35. The van der Waals surface area contributed by atoms with Crippen LogP contribution in [0.15, 0.2) is 53.9 Å². The summed E-state index contributed by atoms with van der Waals surface area (Å²) in [4.78, 5) is 0. The van der Waals surface area contributed by atoms with E-state index in [1.54, 1.807) is 0 Å². The average Bonchev–Trinajstić information content (AvgIpc) is 2.91. The first-order valence-corrected chi connectivity index (χ1v) is 7.91. The average molecular weight is 302 g/mol. The van der Waals surface area contributed by atoms with E-state index in [-0.39, 0.29) is 0 Å². The lowest BCUT2D eigenvalue weighted by molar-refractivity contribution is 0.598. The smallest absolute Gasteiger partial charge is 0.0406 e. The Kier molecular flexibility index (Phi) is 4.06. The third-order valence-electron chi connectivity index (χ3n) is 3.59. The number of rotatable bonds is 4. The van der Waals surface area contributed by atoms with Crippen molar-refractivity contribution in [2.24, 2.45) is 0 Å². The molecule has 20 heavy (non-hydrogen) atoms. The van der Waals surface area contributed by atoms with Crippen LogP contribution in [0.1, 0.15) is 17.2 Å². The Morgan fingerprint density at radius 2 is 1.85 bits per heavy atom. The predicted molar refractivity (Wildman–Crippen MR) is 88.8 cm³/mol. The van der Waals surface area contributed by atoms with Gasteiger partial charge in [-0.15, -0.1) is 11.3 Å². The van der Waals surface area contributed by atoms with Crippen LogP contribution in [0.2, 0.25) is 5.02 Å². The Balaban J connectivity index is 1.91. The van der Waals surface area contributed by atoms with Crippen molar-refractivity contribution in [1.29, 1.82) is 0 Å². The highest BCUT2D eigenvalue weighted by molar-refractivity contribution is 7.17. The largest absolute Gasteiger partial charge is 0.313 e. The second-order valence-electron chi connectivity index (χ2n) is 4.86. The van der Waals surface area contributed by atoms with E-state index < -0.39 is 0 Å². The number of thiophene rings is 1. The summed E-state index contributed by atoms with van der Waals surface area (Å²) in [6.07, 6.45) is 0.967. The molecule has 1 atom stereocenters. The summed E-state index contributed by atoms with van der Waals surface area (Å²) >= 11 is 7.76. The summed E-state index contributed by atoms with van der Waals surface area (Å²) in [6.45, 7) is 0. The molecule has 0 saturated carbocycles.